The van der Waals surface area contributed by atoms with Gasteiger partial charge < -0.3 is 19.6 Å². The summed E-state index contributed by atoms with van der Waals surface area (Å²) < 4.78 is 35.4. The average Bonchev–Trinajstić information content (AvgIpc) is 2.95. The topological polar surface area (TPSA) is 125 Å². The molecule has 0 aliphatic carbocycles. The molecule has 1 amide bonds. The quantitative estimate of drug-likeness (QED) is 0.470. The molecule has 212 valence electrons. The number of hydrogen-bond donors (Lipinski definition) is 2. The number of aliphatic hydroxyl groups is 1. The van der Waals surface area contributed by atoms with Crippen LogP contribution in [0, 0.1) is 5.41 Å². The van der Waals surface area contributed by atoms with Crippen LogP contribution in [0.3, 0.4) is 0 Å². The van der Waals surface area contributed by atoms with Crippen LogP contribution in [-0.2, 0) is 10.0 Å². The number of carbonyl (C=O) groups is 1. The van der Waals surface area contributed by atoms with E-state index in [4.69, 9.17) is 16.3 Å². The number of fused-ring (bicyclic) bond motifs is 1. The molecule has 3 aromatic rings. The Labute approximate surface area is 239 Å². The molecule has 1 saturated heterocycles. The molecular weight excluding hydrogens is 554 g/mol. The van der Waals surface area contributed by atoms with Crippen molar-refractivity contribution < 1.29 is 23.1 Å². The lowest BCUT2D eigenvalue weighted by Gasteiger charge is -2.44. The number of sulfonamides is 1. The van der Waals surface area contributed by atoms with Gasteiger partial charge in [-0.05, 0) is 55.3 Å². The molecular formula is C28H32ClN5O5S. The number of rotatable bonds is 2. The lowest BCUT2D eigenvalue weighted by molar-refractivity contribution is 0.0157. The molecule has 2 aliphatic heterocycles. The molecule has 3 heterocycles. The molecule has 1 fully saturated rings. The second-order valence-corrected chi connectivity index (χ2v) is 12.7. The summed E-state index contributed by atoms with van der Waals surface area (Å²) in [7, 11) is -2.06. The monoisotopic (exact) mass is 585 g/mol. The molecule has 0 bridgehead atoms. The first-order chi connectivity index (χ1) is 19.1. The van der Waals surface area contributed by atoms with E-state index in [-0.39, 0.29) is 41.7 Å². The van der Waals surface area contributed by atoms with Crippen molar-refractivity contribution in [2.45, 2.75) is 23.8 Å². The summed E-state index contributed by atoms with van der Waals surface area (Å²) in [6.07, 6.45) is 4.86. The molecule has 0 saturated carbocycles. The van der Waals surface area contributed by atoms with Gasteiger partial charge in [-0.25, -0.2) is 18.1 Å². The molecule has 10 nitrogen and oxygen atoms in total. The first kappa shape index (κ1) is 28.4. The van der Waals surface area contributed by atoms with Gasteiger partial charge in [0.05, 0.1) is 18.9 Å². The molecule has 40 heavy (non-hydrogen) atoms. The number of ether oxygens (including phenoxy) is 1. The Balaban J connectivity index is 1.44. The number of benzene rings is 2. The first-order valence-electron chi connectivity index (χ1n) is 13.1. The highest BCUT2D eigenvalue weighted by molar-refractivity contribution is 7.89. The van der Waals surface area contributed by atoms with Gasteiger partial charge in [0.15, 0.2) is 0 Å². The second kappa shape index (κ2) is 11.8. The number of piperidine rings is 1. The van der Waals surface area contributed by atoms with Crippen molar-refractivity contribution in [1.29, 1.82) is 0 Å². The van der Waals surface area contributed by atoms with Crippen molar-refractivity contribution in [3.8, 4) is 16.9 Å². The highest BCUT2D eigenvalue weighted by Gasteiger charge is 2.39. The van der Waals surface area contributed by atoms with Gasteiger partial charge in [-0.1, -0.05) is 29.8 Å². The zero-order valence-corrected chi connectivity index (χ0v) is 23.7. The van der Waals surface area contributed by atoms with Crippen molar-refractivity contribution in [2.75, 3.05) is 46.4 Å². The van der Waals surface area contributed by atoms with E-state index in [0.717, 1.165) is 11.1 Å². The van der Waals surface area contributed by atoms with Crippen LogP contribution in [0.2, 0.25) is 5.02 Å². The van der Waals surface area contributed by atoms with Crippen LogP contribution in [0.4, 0.5) is 0 Å². The third-order valence-corrected chi connectivity index (χ3v) is 9.19. The fourth-order valence-electron chi connectivity index (χ4n) is 5.34. The fraction of sp³-hybridized carbons (Fsp3) is 0.393. The second-order valence-electron chi connectivity index (χ2n) is 10.5. The average molecular weight is 586 g/mol. The number of aliphatic hydroxyl groups excluding tert-OH is 1. The standard InChI is InChI=1S/C28H32ClN5O5S/c1-33-17-23(35)15-32-40(37,38)26-7-4-21(20-2-5-22(29)6-3-20)14-25(26)39-19-28(18-33)8-12-34(13-9-28)27(36)24-16-30-10-11-31-24/h2-7,10-11,14,16,23,32,35H,8-9,12-13,15,17-19H2,1H3. The van der Waals surface area contributed by atoms with E-state index in [1.807, 2.05) is 24.1 Å². The van der Waals surface area contributed by atoms with Crippen LogP contribution in [0.1, 0.15) is 23.3 Å². The van der Waals surface area contributed by atoms with E-state index in [2.05, 4.69) is 14.7 Å². The highest BCUT2D eigenvalue weighted by Crippen LogP contribution is 2.37. The Morgan fingerprint density at radius 2 is 1.85 bits per heavy atom. The highest BCUT2D eigenvalue weighted by atomic mass is 35.5. The summed E-state index contributed by atoms with van der Waals surface area (Å²) >= 11 is 6.06. The van der Waals surface area contributed by atoms with Gasteiger partial charge in [-0.3, -0.25) is 9.78 Å². The zero-order chi connectivity index (χ0) is 28.3. The van der Waals surface area contributed by atoms with Crippen LogP contribution < -0.4 is 9.46 Å². The number of amides is 1. The normalized spacial score (nSPS) is 21.5. The van der Waals surface area contributed by atoms with E-state index in [9.17, 15) is 18.3 Å². The number of halogens is 1. The van der Waals surface area contributed by atoms with Crippen molar-refractivity contribution in [3.63, 3.8) is 0 Å². The van der Waals surface area contributed by atoms with Crippen LogP contribution in [-0.4, -0.2) is 91.7 Å². The van der Waals surface area contributed by atoms with Crippen LogP contribution in [0.5, 0.6) is 5.75 Å². The van der Waals surface area contributed by atoms with Crippen LogP contribution >= 0.6 is 11.6 Å². The lowest BCUT2D eigenvalue weighted by Crippen LogP contribution is -2.51. The summed E-state index contributed by atoms with van der Waals surface area (Å²) in [6.45, 7) is 2.00. The number of aromatic nitrogens is 2. The van der Waals surface area contributed by atoms with Gasteiger partial charge in [0, 0.05) is 55.6 Å². The molecule has 2 aliphatic rings. The van der Waals surface area contributed by atoms with Gasteiger partial charge in [0.2, 0.25) is 10.0 Å². The van der Waals surface area contributed by atoms with Crippen LogP contribution in [0.15, 0.2) is 66.0 Å². The molecule has 1 spiro atoms. The summed E-state index contributed by atoms with van der Waals surface area (Å²) in [5.41, 5.74) is 1.58. The smallest absolute Gasteiger partial charge is 0.274 e. The fourth-order valence-corrected chi connectivity index (χ4v) is 6.67. The van der Waals surface area contributed by atoms with Gasteiger partial charge >= 0.3 is 0 Å². The van der Waals surface area contributed by atoms with Crippen LogP contribution in [0.25, 0.3) is 11.1 Å². The minimum atomic E-state index is -3.96. The van der Waals surface area contributed by atoms with Gasteiger partial charge in [-0.15, -0.1) is 0 Å². The molecule has 1 aromatic heterocycles. The van der Waals surface area contributed by atoms with E-state index in [0.29, 0.717) is 43.2 Å². The number of hydrogen-bond acceptors (Lipinski definition) is 8. The van der Waals surface area contributed by atoms with Crippen molar-refractivity contribution in [3.05, 3.63) is 71.8 Å². The predicted molar refractivity (Wildman–Crippen MR) is 151 cm³/mol. The third-order valence-electron chi connectivity index (χ3n) is 7.47. The van der Waals surface area contributed by atoms with Gasteiger partial charge in [-0.2, -0.15) is 0 Å². The zero-order valence-electron chi connectivity index (χ0n) is 22.2. The van der Waals surface area contributed by atoms with Crippen molar-refractivity contribution in [2.24, 2.45) is 5.41 Å². The maximum Gasteiger partial charge on any atom is 0.274 e. The number of nitrogens with zero attached hydrogens (tertiary/aromatic N) is 4. The summed E-state index contributed by atoms with van der Waals surface area (Å²) in [5, 5.41) is 11.2. The SMILES string of the molecule is CN1CC(O)CNS(=O)(=O)c2ccc(-c3ccc(Cl)cc3)cc2OCC2(CCN(C(=O)c3cnccn3)CC2)C1. The number of β-amino-alcohol motifs (C(OH)–C–C–N with tert-alkyl or cyclic N) is 1. The number of likely N-dealkylation sites (N-methyl/N-ethyl adjacent to an activating group) is 1. The Hall–Kier alpha value is -3.09. The minimum Gasteiger partial charge on any atom is -0.492 e. The third kappa shape index (κ3) is 6.45. The Bertz CT molecular complexity index is 1450. The molecule has 2 aromatic carbocycles. The van der Waals surface area contributed by atoms with Crippen molar-refractivity contribution >= 4 is 27.5 Å². The molecule has 5 rings (SSSR count). The number of carbonyl (C=O) groups excluding carboxylic acids is 1. The van der Waals surface area contributed by atoms with Gasteiger partial charge in [0.25, 0.3) is 5.91 Å². The first-order valence-corrected chi connectivity index (χ1v) is 14.9. The molecule has 1 atom stereocenters. The number of nitrogens with one attached hydrogen (secondary N) is 1. The van der Waals surface area contributed by atoms with Gasteiger partial charge in [0.1, 0.15) is 16.3 Å². The largest absolute Gasteiger partial charge is 0.492 e. The van der Waals surface area contributed by atoms with E-state index in [1.54, 1.807) is 29.2 Å². The molecule has 2 N–H and O–H groups in total. The number of likely N-dealkylation sites (tertiary alicyclic amines) is 1. The molecule has 12 heteroatoms. The summed E-state index contributed by atoms with van der Waals surface area (Å²) in [6, 6.07) is 12.3. The molecule has 1 unspecified atom stereocenters. The molecule has 0 radical (unpaired) electrons. The maximum absolute atomic E-state index is 13.3. The Morgan fingerprint density at radius 1 is 1.12 bits per heavy atom. The lowest BCUT2D eigenvalue weighted by atomic mass is 9.78. The van der Waals surface area contributed by atoms with E-state index < -0.39 is 16.1 Å². The van der Waals surface area contributed by atoms with E-state index >= 15 is 0 Å². The predicted octanol–water partition coefficient (Wildman–Crippen LogP) is 2.68. The minimum absolute atomic E-state index is 0.0109. The van der Waals surface area contributed by atoms with Crippen molar-refractivity contribution in [1.82, 2.24) is 24.5 Å². The Kier molecular flexibility index (Phi) is 8.39. The summed E-state index contributed by atoms with van der Waals surface area (Å²) in [4.78, 5) is 24.9. The Morgan fingerprint density at radius 3 is 2.55 bits per heavy atom. The van der Waals surface area contributed by atoms with E-state index in [1.165, 1.54) is 24.7 Å². The summed E-state index contributed by atoms with van der Waals surface area (Å²) in [5.74, 6) is 0.0611. The maximum atomic E-state index is 13.3.